The van der Waals surface area contributed by atoms with E-state index in [0.29, 0.717) is 5.56 Å². The van der Waals surface area contributed by atoms with Crippen LogP contribution in [-0.2, 0) is 16.8 Å². The maximum absolute atomic E-state index is 13.6. The highest BCUT2D eigenvalue weighted by Crippen LogP contribution is 2.37. The molecule has 0 radical (unpaired) electrons. The molecule has 0 spiro atoms. The average Bonchev–Trinajstić information content (AvgIpc) is 2.77. The predicted molar refractivity (Wildman–Crippen MR) is 119 cm³/mol. The summed E-state index contributed by atoms with van der Waals surface area (Å²) in [7, 11) is 1.63. The number of hydrogen-bond donors (Lipinski definition) is 3. The van der Waals surface area contributed by atoms with Gasteiger partial charge in [0.05, 0.1) is 19.3 Å². The number of rotatable bonds is 9. The van der Waals surface area contributed by atoms with E-state index < -0.39 is 23.8 Å². The van der Waals surface area contributed by atoms with Crippen LogP contribution in [0.1, 0.15) is 50.2 Å². The van der Waals surface area contributed by atoms with E-state index in [0.717, 1.165) is 43.1 Å². The molecule has 174 valence electrons. The molecule has 0 bridgehead atoms. The van der Waals surface area contributed by atoms with E-state index in [4.69, 9.17) is 4.74 Å². The topological polar surface area (TPSA) is 70.6 Å². The number of hydrogen-bond acceptors (Lipinski definition) is 4. The molecule has 2 unspecified atom stereocenters. The minimum Gasteiger partial charge on any atom is -0.497 e. The van der Waals surface area contributed by atoms with E-state index in [2.05, 4.69) is 10.6 Å². The van der Waals surface area contributed by atoms with Gasteiger partial charge in [0.15, 0.2) is 0 Å². The maximum atomic E-state index is 13.6. The molecule has 7 heteroatoms. The number of nitrogens with one attached hydrogen (secondary N) is 2. The van der Waals surface area contributed by atoms with Gasteiger partial charge in [-0.25, -0.2) is 8.78 Å². The second kappa shape index (κ2) is 10.9. The molecule has 1 amide bonds. The highest BCUT2D eigenvalue weighted by Gasteiger charge is 2.35. The van der Waals surface area contributed by atoms with Gasteiger partial charge in [-0.3, -0.25) is 4.79 Å². The Morgan fingerprint density at radius 3 is 2.28 bits per heavy atom. The fourth-order valence-electron chi connectivity index (χ4n) is 4.60. The quantitative estimate of drug-likeness (QED) is 0.548. The minimum absolute atomic E-state index is 0.118. The zero-order chi connectivity index (χ0) is 23.1. The highest BCUT2D eigenvalue weighted by molar-refractivity contribution is 5.73. The summed E-state index contributed by atoms with van der Waals surface area (Å²) in [5, 5.41) is 17.2. The normalized spacial score (nSPS) is 17.4. The van der Waals surface area contributed by atoms with Crippen molar-refractivity contribution >= 4 is 5.91 Å². The lowest BCUT2D eigenvalue weighted by molar-refractivity contribution is -0.120. The minimum atomic E-state index is -0.942. The van der Waals surface area contributed by atoms with Gasteiger partial charge >= 0.3 is 0 Å². The Kier molecular flexibility index (Phi) is 8.21. The van der Waals surface area contributed by atoms with Crippen molar-refractivity contribution in [3.63, 3.8) is 0 Å². The van der Waals surface area contributed by atoms with Crippen LogP contribution < -0.4 is 15.4 Å². The molecule has 3 rings (SSSR count). The molecule has 1 saturated carbocycles. The molecule has 1 fully saturated rings. The smallest absolute Gasteiger partial charge is 0.217 e. The van der Waals surface area contributed by atoms with Crippen LogP contribution in [0.4, 0.5) is 8.78 Å². The molecule has 1 aliphatic carbocycles. The molecule has 0 saturated heterocycles. The summed E-state index contributed by atoms with van der Waals surface area (Å²) in [6, 6.07) is 10.5. The maximum Gasteiger partial charge on any atom is 0.217 e. The van der Waals surface area contributed by atoms with E-state index in [9.17, 15) is 18.7 Å². The van der Waals surface area contributed by atoms with Crippen molar-refractivity contribution in [3.05, 3.63) is 65.2 Å². The second-order valence-electron chi connectivity index (χ2n) is 8.61. The predicted octanol–water partition coefficient (Wildman–Crippen LogP) is 3.83. The van der Waals surface area contributed by atoms with Gasteiger partial charge in [-0.05, 0) is 54.7 Å². The van der Waals surface area contributed by atoms with E-state index in [1.807, 2.05) is 24.3 Å². The molecular formula is C25H32F2N2O3. The van der Waals surface area contributed by atoms with Crippen molar-refractivity contribution in [2.24, 2.45) is 0 Å². The Labute approximate surface area is 188 Å². The van der Waals surface area contributed by atoms with Crippen molar-refractivity contribution < 1.29 is 23.4 Å². The van der Waals surface area contributed by atoms with Gasteiger partial charge in [-0.15, -0.1) is 0 Å². The van der Waals surface area contributed by atoms with Crippen molar-refractivity contribution in [2.75, 3.05) is 13.7 Å². The highest BCUT2D eigenvalue weighted by atomic mass is 19.1. The summed E-state index contributed by atoms with van der Waals surface area (Å²) in [5.41, 5.74) is 1.23. The number of carbonyl (C=O) groups excluding carboxylic acids is 1. The Bertz CT molecular complexity index is 878. The lowest BCUT2D eigenvalue weighted by Gasteiger charge is -2.40. The van der Waals surface area contributed by atoms with E-state index in [1.54, 1.807) is 7.11 Å². The zero-order valence-corrected chi connectivity index (χ0v) is 18.7. The van der Waals surface area contributed by atoms with Crippen LogP contribution in [0.25, 0.3) is 0 Å². The third-order valence-corrected chi connectivity index (χ3v) is 6.23. The van der Waals surface area contributed by atoms with Gasteiger partial charge in [-0.2, -0.15) is 0 Å². The summed E-state index contributed by atoms with van der Waals surface area (Å²) < 4.78 is 32.5. The van der Waals surface area contributed by atoms with Crippen LogP contribution in [0.3, 0.4) is 0 Å². The van der Waals surface area contributed by atoms with Gasteiger partial charge in [0, 0.05) is 25.1 Å². The SMILES string of the molecule is COc1ccc(C2(NCC(O)C(Cc3cc(F)cc(F)c3)NC(C)=O)CCCCC2)cc1. The molecule has 1 aliphatic rings. The van der Waals surface area contributed by atoms with Crippen molar-refractivity contribution in [1.82, 2.24) is 10.6 Å². The van der Waals surface area contributed by atoms with Gasteiger partial charge < -0.3 is 20.5 Å². The largest absolute Gasteiger partial charge is 0.497 e. The third kappa shape index (κ3) is 6.26. The number of aliphatic hydroxyl groups is 1. The van der Waals surface area contributed by atoms with Gasteiger partial charge in [0.1, 0.15) is 17.4 Å². The number of aliphatic hydroxyl groups excluding tert-OH is 1. The van der Waals surface area contributed by atoms with Crippen LogP contribution >= 0.6 is 0 Å². The number of halogens is 2. The van der Waals surface area contributed by atoms with Crippen LogP contribution in [-0.4, -0.2) is 36.8 Å². The van der Waals surface area contributed by atoms with Crippen LogP contribution in [0.2, 0.25) is 0 Å². The monoisotopic (exact) mass is 446 g/mol. The number of methoxy groups -OCH3 is 1. The second-order valence-corrected chi connectivity index (χ2v) is 8.61. The van der Waals surface area contributed by atoms with Crippen LogP contribution in [0, 0.1) is 11.6 Å². The molecular weight excluding hydrogens is 414 g/mol. The fourth-order valence-corrected chi connectivity index (χ4v) is 4.60. The molecule has 0 heterocycles. The first kappa shape index (κ1) is 24.1. The van der Waals surface area contributed by atoms with E-state index >= 15 is 0 Å². The Hall–Kier alpha value is -2.51. The summed E-state index contributed by atoms with van der Waals surface area (Å²) in [6.07, 6.45) is 4.37. The molecule has 32 heavy (non-hydrogen) atoms. The number of benzene rings is 2. The third-order valence-electron chi connectivity index (χ3n) is 6.23. The Morgan fingerprint density at radius 1 is 1.09 bits per heavy atom. The summed E-state index contributed by atoms with van der Waals surface area (Å²) in [4.78, 5) is 11.7. The summed E-state index contributed by atoms with van der Waals surface area (Å²) in [6.45, 7) is 1.59. The number of carbonyl (C=O) groups is 1. The van der Waals surface area contributed by atoms with Crippen molar-refractivity contribution in [3.8, 4) is 5.75 Å². The number of ether oxygens (including phenoxy) is 1. The summed E-state index contributed by atoms with van der Waals surface area (Å²) >= 11 is 0. The fraction of sp³-hybridized carbons (Fsp3) is 0.480. The first-order chi connectivity index (χ1) is 15.3. The van der Waals surface area contributed by atoms with E-state index in [-0.39, 0.29) is 24.4 Å². The van der Waals surface area contributed by atoms with Crippen LogP contribution in [0.15, 0.2) is 42.5 Å². The lowest BCUT2D eigenvalue weighted by atomic mass is 9.76. The van der Waals surface area contributed by atoms with Crippen molar-refractivity contribution in [1.29, 1.82) is 0 Å². The first-order valence-electron chi connectivity index (χ1n) is 11.1. The molecule has 5 nitrogen and oxygen atoms in total. The van der Waals surface area contributed by atoms with Crippen molar-refractivity contribution in [2.45, 2.75) is 63.1 Å². The van der Waals surface area contributed by atoms with E-state index in [1.165, 1.54) is 25.5 Å². The average molecular weight is 447 g/mol. The number of amides is 1. The van der Waals surface area contributed by atoms with Crippen LogP contribution in [0.5, 0.6) is 5.75 Å². The zero-order valence-electron chi connectivity index (χ0n) is 18.7. The summed E-state index contributed by atoms with van der Waals surface area (Å²) in [5.74, 6) is -0.897. The molecule has 2 atom stereocenters. The molecule has 0 aromatic heterocycles. The first-order valence-corrected chi connectivity index (χ1v) is 11.1. The molecule has 3 N–H and O–H groups in total. The van der Waals surface area contributed by atoms with Gasteiger partial charge in [0.2, 0.25) is 5.91 Å². The molecule has 2 aromatic rings. The Morgan fingerprint density at radius 2 is 1.72 bits per heavy atom. The molecule has 2 aromatic carbocycles. The Balaban J connectivity index is 1.75. The standard InChI is InChI=1S/C25H32F2N2O3/c1-17(30)29-23(14-18-12-20(26)15-21(27)13-18)24(31)16-28-25(10-4-3-5-11-25)19-6-8-22(32-2)9-7-19/h6-9,12-13,15,23-24,28,31H,3-5,10-11,14,16H2,1-2H3,(H,29,30). The van der Waals surface area contributed by atoms with Gasteiger partial charge in [-0.1, -0.05) is 31.4 Å². The van der Waals surface area contributed by atoms with Gasteiger partial charge in [0.25, 0.3) is 0 Å². The lowest BCUT2D eigenvalue weighted by Crippen LogP contribution is -2.53. The molecule has 0 aliphatic heterocycles.